The minimum atomic E-state index is -3.48. The summed E-state index contributed by atoms with van der Waals surface area (Å²) in [6, 6.07) is 1.76. The molecule has 0 aliphatic carbocycles. The second-order valence-corrected chi connectivity index (χ2v) is 8.82. The molecule has 1 aliphatic rings. The van der Waals surface area contributed by atoms with Gasteiger partial charge in [-0.15, -0.1) is 11.3 Å². The SMILES string of the molecule is CCNCc1sc(S(=O)(=O)NC2(C)CCCOC2)cc1C. The second-order valence-electron chi connectivity index (χ2n) is 5.77. The van der Waals surface area contributed by atoms with Gasteiger partial charge in [-0.05, 0) is 44.9 Å². The van der Waals surface area contributed by atoms with Crippen molar-refractivity contribution in [2.24, 2.45) is 0 Å². The van der Waals surface area contributed by atoms with Gasteiger partial charge in [0.15, 0.2) is 0 Å². The summed E-state index contributed by atoms with van der Waals surface area (Å²) < 4.78 is 33.8. The molecule has 7 heteroatoms. The molecular weight excluding hydrogens is 308 g/mol. The standard InChI is InChI=1S/C14H24N2O3S2/c1-4-15-9-12-11(2)8-13(20-12)21(17,18)16-14(3)6-5-7-19-10-14/h8,15-16H,4-7,9-10H2,1-3H3. The van der Waals surface area contributed by atoms with Crippen LogP contribution in [-0.2, 0) is 21.3 Å². The number of ether oxygens (including phenoxy) is 1. The van der Waals surface area contributed by atoms with E-state index in [-0.39, 0.29) is 0 Å². The maximum atomic E-state index is 12.6. The van der Waals surface area contributed by atoms with Gasteiger partial charge in [0, 0.05) is 18.0 Å². The van der Waals surface area contributed by atoms with E-state index in [1.54, 1.807) is 6.07 Å². The molecule has 1 aromatic heterocycles. The van der Waals surface area contributed by atoms with Gasteiger partial charge >= 0.3 is 0 Å². The van der Waals surface area contributed by atoms with E-state index >= 15 is 0 Å². The largest absolute Gasteiger partial charge is 0.380 e. The van der Waals surface area contributed by atoms with Crippen LogP contribution in [0.25, 0.3) is 0 Å². The highest BCUT2D eigenvalue weighted by atomic mass is 32.2. The van der Waals surface area contributed by atoms with E-state index in [0.29, 0.717) is 24.0 Å². The summed E-state index contributed by atoms with van der Waals surface area (Å²) in [7, 11) is -3.48. The van der Waals surface area contributed by atoms with Gasteiger partial charge in [0.25, 0.3) is 10.0 Å². The zero-order chi connectivity index (χ0) is 15.5. The van der Waals surface area contributed by atoms with E-state index in [4.69, 9.17) is 4.74 Å². The molecule has 1 fully saturated rings. The Morgan fingerprint density at radius 2 is 2.24 bits per heavy atom. The zero-order valence-corrected chi connectivity index (χ0v) is 14.5. The zero-order valence-electron chi connectivity index (χ0n) is 12.9. The molecule has 0 bridgehead atoms. The smallest absolute Gasteiger partial charge is 0.250 e. The molecule has 2 N–H and O–H groups in total. The minimum absolute atomic E-state index is 0.389. The van der Waals surface area contributed by atoms with Crippen molar-refractivity contribution in [2.45, 2.75) is 49.9 Å². The predicted molar refractivity (Wildman–Crippen MR) is 85.2 cm³/mol. The van der Waals surface area contributed by atoms with Crippen molar-refractivity contribution in [3.05, 3.63) is 16.5 Å². The fourth-order valence-electron chi connectivity index (χ4n) is 2.42. The Morgan fingerprint density at radius 3 is 2.86 bits per heavy atom. The number of aryl methyl sites for hydroxylation is 1. The van der Waals surface area contributed by atoms with Gasteiger partial charge in [0.2, 0.25) is 0 Å². The Balaban J connectivity index is 2.15. The molecule has 1 aliphatic heterocycles. The molecule has 0 spiro atoms. The third-order valence-corrected chi connectivity index (χ3v) is 6.97. The van der Waals surface area contributed by atoms with Crippen molar-refractivity contribution in [3.8, 4) is 0 Å². The minimum Gasteiger partial charge on any atom is -0.380 e. The summed E-state index contributed by atoms with van der Waals surface area (Å²) in [5.74, 6) is 0. The highest BCUT2D eigenvalue weighted by Crippen LogP contribution is 2.28. The summed E-state index contributed by atoms with van der Waals surface area (Å²) in [5.41, 5.74) is 0.517. The molecule has 120 valence electrons. The molecule has 1 unspecified atom stereocenters. The quantitative estimate of drug-likeness (QED) is 0.836. The highest BCUT2D eigenvalue weighted by molar-refractivity contribution is 7.91. The molecule has 0 saturated carbocycles. The summed E-state index contributed by atoms with van der Waals surface area (Å²) in [5, 5.41) is 3.23. The number of rotatable bonds is 6. The Hall–Kier alpha value is -0.470. The fourth-order valence-corrected chi connectivity index (χ4v) is 5.40. The van der Waals surface area contributed by atoms with Crippen molar-refractivity contribution >= 4 is 21.4 Å². The van der Waals surface area contributed by atoms with Crippen LogP contribution >= 0.6 is 11.3 Å². The average molecular weight is 332 g/mol. The first-order valence-corrected chi connectivity index (χ1v) is 9.58. The third-order valence-electron chi connectivity index (χ3n) is 3.62. The molecular formula is C14H24N2O3S2. The summed E-state index contributed by atoms with van der Waals surface area (Å²) in [6.07, 6.45) is 1.69. The highest BCUT2D eigenvalue weighted by Gasteiger charge is 2.33. The number of nitrogens with one attached hydrogen (secondary N) is 2. The summed E-state index contributed by atoms with van der Waals surface area (Å²) >= 11 is 1.34. The van der Waals surface area contributed by atoms with Crippen molar-refractivity contribution in [1.82, 2.24) is 10.0 Å². The van der Waals surface area contributed by atoms with E-state index in [0.717, 1.165) is 29.8 Å². The van der Waals surface area contributed by atoms with Gasteiger partial charge < -0.3 is 10.1 Å². The molecule has 1 saturated heterocycles. The van der Waals surface area contributed by atoms with Gasteiger partial charge in [0.1, 0.15) is 4.21 Å². The first kappa shape index (κ1) is 16.9. The normalized spacial score (nSPS) is 23.4. The molecule has 21 heavy (non-hydrogen) atoms. The van der Waals surface area contributed by atoms with Crippen molar-refractivity contribution in [1.29, 1.82) is 0 Å². The van der Waals surface area contributed by atoms with E-state index in [9.17, 15) is 8.42 Å². The Labute approximate surface area is 131 Å². The Bertz CT molecular complexity index is 575. The van der Waals surface area contributed by atoms with Crippen LogP contribution in [0.15, 0.2) is 10.3 Å². The van der Waals surface area contributed by atoms with Gasteiger partial charge in [-0.25, -0.2) is 13.1 Å². The van der Waals surface area contributed by atoms with Crippen LogP contribution in [0.5, 0.6) is 0 Å². The molecule has 1 atom stereocenters. The molecule has 5 nitrogen and oxygen atoms in total. The number of thiophene rings is 1. The number of hydrogen-bond donors (Lipinski definition) is 2. The molecule has 1 aromatic rings. The molecule has 0 aromatic carbocycles. The lowest BCUT2D eigenvalue weighted by Gasteiger charge is -2.33. The Kier molecular flexibility index (Phi) is 5.43. The van der Waals surface area contributed by atoms with Crippen LogP contribution in [0.4, 0.5) is 0 Å². The maximum Gasteiger partial charge on any atom is 0.250 e. The monoisotopic (exact) mass is 332 g/mol. The molecule has 0 amide bonds. The van der Waals surface area contributed by atoms with Gasteiger partial charge in [-0.3, -0.25) is 0 Å². The van der Waals surface area contributed by atoms with Crippen LogP contribution in [0, 0.1) is 6.92 Å². The van der Waals surface area contributed by atoms with E-state index < -0.39 is 15.6 Å². The van der Waals surface area contributed by atoms with Crippen LogP contribution in [0.3, 0.4) is 0 Å². The molecule has 2 heterocycles. The van der Waals surface area contributed by atoms with Crippen LogP contribution in [0.2, 0.25) is 0 Å². The third kappa shape index (κ3) is 4.26. The summed E-state index contributed by atoms with van der Waals surface area (Å²) in [4.78, 5) is 1.07. The van der Waals surface area contributed by atoms with Gasteiger partial charge in [0.05, 0.1) is 12.1 Å². The maximum absolute atomic E-state index is 12.6. The molecule has 2 rings (SSSR count). The van der Waals surface area contributed by atoms with E-state index in [2.05, 4.69) is 10.0 Å². The first-order valence-electron chi connectivity index (χ1n) is 7.28. The van der Waals surface area contributed by atoms with Gasteiger partial charge in [-0.1, -0.05) is 6.92 Å². The van der Waals surface area contributed by atoms with Crippen LogP contribution < -0.4 is 10.0 Å². The number of sulfonamides is 1. The van der Waals surface area contributed by atoms with Crippen molar-refractivity contribution in [2.75, 3.05) is 19.8 Å². The predicted octanol–water partition coefficient (Wildman–Crippen LogP) is 2.01. The topological polar surface area (TPSA) is 67.4 Å². The molecule has 0 radical (unpaired) electrons. The lowest BCUT2D eigenvalue weighted by Crippen LogP contribution is -2.51. The van der Waals surface area contributed by atoms with Crippen LogP contribution in [0.1, 0.15) is 37.1 Å². The average Bonchev–Trinajstić information content (AvgIpc) is 2.78. The lowest BCUT2D eigenvalue weighted by atomic mass is 9.97. The lowest BCUT2D eigenvalue weighted by molar-refractivity contribution is 0.0387. The van der Waals surface area contributed by atoms with E-state index in [1.165, 1.54) is 11.3 Å². The fraction of sp³-hybridized carbons (Fsp3) is 0.714. The van der Waals surface area contributed by atoms with Crippen molar-refractivity contribution < 1.29 is 13.2 Å². The Morgan fingerprint density at radius 1 is 1.48 bits per heavy atom. The number of hydrogen-bond acceptors (Lipinski definition) is 5. The summed E-state index contributed by atoms with van der Waals surface area (Å²) in [6.45, 7) is 8.61. The van der Waals surface area contributed by atoms with Crippen LogP contribution in [-0.4, -0.2) is 33.7 Å². The van der Waals surface area contributed by atoms with Gasteiger partial charge in [-0.2, -0.15) is 0 Å². The first-order chi connectivity index (χ1) is 9.86. The van der Waals surface area contributed by atoms with E-state index in [1.807, 2.05) is 20.8 Å². The van der Waals surface area contributed by atoms with Crippen molar-refractivity contribution in [3.63, 3.8) is 0 Å². The second kappa shape index (κ2) is 6.75.